The molecule has 1 aromatic rings. The van der Waals surface area contributed by atoms with E-state index < -0.39 is 0 Å². The van der Waals surface area contributed by atoms with Crippen molar-refractivity contribution in [1.82, 2.24) is 15.1 Å². The van der Waals surface area contributed by atoms with Gasteiger partial charge in [0.1, 0.15) is 0 Å². The minimum atomic E-state index is 0.0406. The highest BCUT2D eigenvalue weighted by atomic mass is 32.2. The van der Waals surface area contributed by atoms with E-state index in [1.54, 1.807) is 0 Å². The number of rotatable bonds is 6. The summed E-state index contributed by atoms with van der Waals surface area (Å²) in [5, 5.41) is 3.21. The first-order chi connectivity index (χ1) is 14.7. The van der Waals surface area contributed by atoms with E-state index in [2.05, 4.69) is 16.1 Å². The Hall–Kier alpha value is -1.97. The molecule has 1 heterocycles. The largest absolute Gasteiger partial charge is 0.353 e. The van der Waals surface area contributed by atoms with Crippen LogP contribution in [-0.2, 0) is 4.79 Å². The molecule has 0 unspecified atom stereocenters. The van der Waals surface area contributed by atoms with Crippen LogP contribution in [0, 0.1) is 12.3 Å². The number of thioether (sulfide) groups is 1. The lowest BCUT2D eigenvalue weighted by molar-refractivity contribution is -0.119. The minimum Gasteiger partial charge on any atom is -0.353 e. The van der Waals surface area contributed by atoms with Gasteiger partial charge in [0, 0.05) is 37.1 Å². The molecule has 3 rings (SSSR count). The number of benzene rings is 1. The molecule has 1 N–H and O–H groups in total. The van der Waals surface area contributed by atoms with Gasteiger partial charge < -0.3 is 10.2 Å². The first-order valence-corrected chi connectivity index (χ1v) is 12.1. The van der Waals surface area contributed by atoms with Crippen LogP contribution >= 0.6 is 11.8 Å². The summed E-state index contributed by atoms with van der Waals surface area (Å²) in [4.78, 5) is 30.5. The van der Waals surface area contributed by atoms with Gasteiger partial charge in [-0.2, -0.15) is 0 Å². The summed E-state index contributed by atoms with van der Waals surface area (Å²) in [6.45, 7) is 3.60. The Morgan fingerprint density at radius 3 is 2.40 bits per heavy atom. The molecule has 1 saturated carbocycles. The summed E-state index contributed by atoms with van der Waals surface area (Å²) >= 11 is 1.46. The van der Waals surface area contributed by atoms with Crippen LogP contribution in [0.3, 0.4) is 0 Å². The Morgan fingerprint density at radius 2 is 1.70 bits per heavy atom. The highest BCUT2D eigenvalue weighted by molar-refractivity contribution is 8.00. The van der Waals surface area contributed by atoms with Crippen LogP contribution in [0.4, 0.5) is 0 Å². The van der Waals surface area contributed by atoms with Crippen LogP contribution in [0.2, 0.25) is 0 Å². The van der Waals surface area contributed by atoms with Crippen LogP contribution in [0.1, 0.15) is 55.3 Å². The number of amides is 2. The zero-order valence-corrected chi connectivity index (χ0v) is 18.6. The predicted octanol–water partition coefficient (Wildman–Crippen LogP) is 3.40. The van der Waals surface area contributed by atoms with Crippen molar-refractivity contribution >= 4 is 23.6 Å². The van der Waals surface area contributed by atoms with Crippen LogP contribution in [0.15, 0.2) is 29.2 Å². The topological polar surface area (TPSA) is 52.7 Å². The average Bonchev–Trinajstić information content (AvgIpc) is 2.74. The van der Waals surface area contributed by atoms with Gasteiger partial charge in [0.05, 0.1) is 17.9 Å². The average molecular weight is 428 g/mol. The molecule has 0 atom stereocenters. The molecule has 1 aliphatic heterocycles. The van der Waals surface area contributed by atoms with Crippen LogP contribution in [0.25, 0.3) is 0 Å². The molecule has 0 radical (unpaired) electrons. The van der Waals surface area contributed by atoms with Crippen molar-refractivity contribution in [3.05, 3.63) is 29.8 Å². The van der Waals surface area contributed by atoms with Crippen molar-refractivity contribution in [1.29, 1.82) is 0 Å². The first-order valence-electron chi connectivity index (χ1n) is 11.1. The van der Waals surface area contributed by atoms with Gasteiger partial charge in [-0.25, -0.2) is 0 Å². The summed E-state index contributed by atoms with van der Waals surface area (Å²) in [5.41, 5.74) is 0.687. The van der Waals surface area contributed by atoms with Crippen molar-refractivity contribution in [2.24, 2.45) is 0 Å². The van der Waals surface area contributed by atoms with Gasteiger partial charge in [0.15, 0.2) is 0 Å². The molecular weight excluding hydrogens is 394 g/mol. The summed E-state index contributed by atoms with van der Waals surface area (Å²) in [6.07, 6.45) is 13.8. The zero-order chi connectivity index (χ0) is 21.2. The Balaban J connectivity index is 1.53. The van der Waals surface area contributed by atoms with E-state index >= 15 is 0 Å². The molecule has 1 aromatic carbocycles. The standard InChI is InChI=1S/C24H33N3O2S/c1-2-14-26-15-17-27(18-16-26)24(29)21-12-8-9-13-22(21)30-19-23(28)25-20-10-6-4-3-5-7-11-20/h1,8-9,12-13,20H,3-7,10-11,14-19H2,(H,25,28). The van der Waals surface area contributed by atoms with Gasteiger partial charge >= 0.3 is 0 Å². The third kappa shape index (κ3) is 6.78. The fourth-order valence-electron chi connectivity index (χ4n) is 4.19. The van der Waals surface area contributed by atoms with Crippen molar-refractivity contribution in [2.75, 3.05) is 38.5 Å². The Kier molecular flexibility index (Phi) is 9.10. The molecule has 0 spiro atoms. The fraction of sp³-hybridized carbons (Fsp3) is 0.583. The van der Waals surface area contributed by atoms with E-state index in [0.717, 1.165) is 30.8 Å². The van der Waals surface area contributed by atoms with Gasteiger partial charge in [-0.1, -0.05) is 50.2 Å². The van der Waals surface area contributed by atoms with E-state index in [4.69, 9.17) is 6.42 Å². The number of piperazine rings is 1. The number of hydrogen-bond donors (Lipinski definition) is 1. The van der Waals surface area contributed by atoms with E-state index in [9.17, 15) is 9.59 Å². The van der Waals surface area contributed by atoms with E-state index in [0.29, 0.717) is 37.0 Å². The van der Waals surface area contributed by atoms with E-state index in [-0.39, 0.29) is 11.8 Å². The molecule has 0 aromatic heterocycles. The van der Waals surface area contributed by atoms with Crippen molar-refractivity contribution in [2.45, 2.75) is 55.9 Å². The monoisotopic (exact) mass is 427 g/mol. The molecule has 2 fully saturated rings. The minimum absolute atomic E-state index is 0.0406. The molecule has 0 bridgehead atoms. The summed E-state index contributed by atoms with van der Waals surface area (Å²) < 4.78 is 0. The molecule has 30 heavy (non-hydrogen) atoms. The molecule has 162 valence electrons. The summed E-state index contributed by atoms with van der Waals surface area (Å²) in [7, 11) is 0. The lowest BCUT2D eigenvalue weighted by Crippen LogP contribution is -2.48. The van der Waals surface area contributed by atoms with Gasteiger partial charge in [0.25, 0.3) is 5.91 Å². The van der Waals surface area contributed by atoms with Gasteiger partial charge in [0.2, 0.25) is 5.91 Å². The Labute approximate surface area is 185 Å². The van der Waals surface area contributed by atoms with E-state index in [1.165, 1.54) is 43.9 Å². The van der Waals surface area contributed by atoms with Crippen molar-refractivity contribution in [3.8, 4) is 12.3 Å². The number of hydrogen-bond acceptors (Lipinski definition) is 4. The van der Waals surface area contributed by atoms with E-state index in [1.807, 2.05) is 29.2 Å². The maximum absolute atomic E-state index is 13.1. The Morgan fingerprint density at radius 1 is 1.03 bits per heavy atom. The quantitative estimate of drug-likeness (QED) is 0.558. The number of carbonyl (C=O) groups excluding carboxylic acids is 2. The smallest absolute Gasteiger partial charge is 0.255 e. The van der Waals surface area contributed by atoms with Crippen molar-refractivity contribution in [3.63, 3.8) is 0 Å². The maximum Gasteiger partial charge on any atom is 0.255 e. The highest BCUT2D eigenvalue weighted by Gasteiger charge is 2.24. The van der Waals surface area contributed by atoms with Gasteiger partial charge in [-0.05, 0) is 25.0 Å². The molecule has 2 amide bonds. The fourth-order valence-corrected chi connectivity index (χ4v) is 5.05. The zero-order valence-electron chi connectivity index (χ0n) is 17.8. The van der Waals surface area contributed by atoms with Crippen LogP contribution in [-0.4, -0.2) is 66.1 Å². The third-order valence-corrected chi connectivity index (χ3v) is 6.99. The second-order valence-electron chi connectivity index (χ2n) is 8.17. The first kappa shape index (κ1) is 22.7. The van der Waals surface area contributed by atoms with Crippen LogP contribution < -0.4 is 5.32 Å². The number of nitrogens with zero attached hydrogens (tertiary/aromatic N) is 2. The Bertz CT molecular complexity index is 745. The molecule has 2 aliphatic rings. The maximum atomic E-state index is 13.1. The predicted molar refractivity (Wildman–Crippen MR) is 123 cm³/mol. The number of terminal acetylenes is 1. The molecule has 1 saturated heterocycles. The SMILES string of the molecule is C#CCN1CCN(C(=O)c2ccccc2SCC(=O)NC2CCCCCCC2)CC1. The number of carbonyl (C=O) groups is 2. The summed E-state index contributed by atoms with van der Waals surface area (Å²) in [5.74, 6) is 3.12. The second-order valence-corrected chi connectivity index (χ2v) is 9.18. The van der Waals surface area contributed by atoms with Crippen LogP contribution in [0.5, 0.6) is 0 Å². The third-order valence-electron chi connectivity index (χ3n) is 5.92. The summed E-state index contributed by atoms with van der Waals surface area (Å²) in [6, 6.07) is 7.92. The van der Waals surface area contributed by atoms with Gasteiger partial charge in [-0.3, -0.25) is 14.5 Å². The number of nitrogens with one attached hydrogen (secondary N) is 1. The van der Waals surface area contributed by atoms with Crippen molar-refractivity contribution < 1.29 is 9.59 Å². The molecular formula is C24H33N3O2S. The highest BCUT2D eigenvalue weighted by Crippen LogP contribution is 2.25. The normalized spacial score (nSPS) is 18.8. The molecule has 5 nitrogen and oxygen atoms in total. The molecule has 1 aliphatic carbocycles. The lowest BCUT2D eigenvalue weighted by atomic mass is 9.97. The van der Waals surface area contributed by atoms with Gasteiger partial charge in [-0.15, -0.1) is 18.2 Å². The lowest BCUT2D eigenvalue weighted by Gasteiger charge is -2.34. The molecule has 6 heteroatoms. The second kappa shape index (κ2) is 12.0.